The molecule has 132 valence electrons. The second-order valence-corrected chi connectivity index (χ2v) is 5.33. The van der Waals surface area contributed by atoms with Crippen LogP contribution in [0.1, 0.15) is 40.5 Å². The van der Waals surface area contributed by atoms with Crippen molar-refractivity contribution in [1.29, 1.82) is 0 Å². The summed E-state index contributed by atoms with van der Waals surface area (Å²) < 4.78 is 4.79. The minimum absolute atomic E-state index is 0.153. The zero-order valence-electron chi connectivity index (χ0n) is 14.9. The molecule has 0 aliphatic heterocycles. The molecule has 0 aliphatic rings. The fourth-order valence-corrected chi connectivity index (χ4v) is 2.43. The third-order valence-corrected chi connectivity index (χ3v) is 3.70. The topological polar surface area (TPSA) is 84.4 Å². The highest BCUT2D eigenvalue weighted by molar-refractivity contribution is 5.97. The Morgan fingerprint density at radius 3 is 2.48 bits per heavy atom. The molecule has 7 heteroatoms. The maximum atomic E-state index is 12.5. The van der Waals surface area contributed by atoms with E-state index in [-0.39, 0.29) is 5.91 Å². The summed E-state index contributed by atoms with van der Waals surface area (Å²) >= 11 is 0. The Morgan fingerprint density at radius 1 is 1.16 bits per heavy atom. The quantitative estimate of drug-likeness (QED) is 0.813. The molecule has 0 atom stereocenters. The summed E-state index contributed by atoms with van der Waals surface area (Å²) in [7, 11) is 1.33. The Hall–Kier alpha value is -2.96. The standard InChI is InChI=1S/C18H22N4O3/c1-5-22(6-2)17(23)15-11-16(20-12(3)19-15)21-14-10-8-7-9-13(14)18(24)25-4/h7-11H,5-6H2,1-4H3,(H,19,20,21). The van der Waals surface area contributed by atoms with Gasteiger partial charge in [-0.05, 0) is 32.9 Å². The number of anilines is 2. The third kappa shape index (κ3) is 4.32. The van der Waals surface area contributed by atoms with Crippen molar-refractivity contribution in [2.75, 3.05) is 25.5 Å². The fraction of sp³-hybridized carbons (Fsp3) is 0.333. The second kappa shape index (κ2) is 8.23. The van der Waals surface area contributed by atoms with Crippen molar-refractivity contribution < 1.29 is 14.3 Å². The number of nitrogens with one attached hydrogen (secondary N) is 1. The van der Waals surface area contributed by atoms with Crippen LogP contribution in [0.2, 0.25) is 0 Å². The predicted octanol–water partition coefficient (Wildman–Crippen LogP) is 2.80. The van der Waals surface area contributed by atoms with E-state index in [0.717, 1.165) is 0 Å². The van der Waals surface area contributed by atoms with Gasteiger partial charge in [0.2, 0.25) is 0 Å². The highest BCUT2D eigenvalue weighted by Gasteiger charge is 2.17. The van der Waals surface area contributed by atoms with Crippen molar-refractivity contribution >= 4 is 23.4 Å². The van der Waals surface area contributed by atoms with Crippen molar-refractivity contribution in [2.45, 2.75) is 20.8 Å². The zero-order chi connectivity index (χ0) is 18.4. The number of hydrogen-bond donors (Lipinski definition) is 1. The lowest BCUT2D eigenvalue weighted by Crippen LogP contribution is -2.31. The lowest BCUT2D eigenvalue weighted by atomic mass is 10.2. The van der Waals surface area contributed by atoms with Crippen molar-refractivity contribution in [3.8, 4) is 0 Å². The van der Waals surface area contributed by atoms with E-state index in [2.05, 4.69) is 15.3 Å². The largest absolute Gasteiger partial charge is 0.465 e. The molecule has 7 nitrogen and oxygen atoms in total. The summed E-state index contributed by atoms with van der Waals surface area (Å²) in [6.07, 6.45) is 0. The van der Waals surface area contributed by atoms with Crippen LogP contribution in [0.5, 0.6) is 0 Å². The van der Waals surface area contributed by atoms with Gasteiger partial charge in [-0.15, -0.1) is 0 Å². The van der Waals surface area contributed by atoms with Crippen LogP contribution in [-0.2, 0) is 4.74 Å². The second-order valence-electron chi connectivity index (χ2n) is 5.33. The molecule has 0 aliphatic carbocycles. The van der Waals surface area contributed by atoms with E-state index in [0.29, 0.717) is 41.7 Å². The number of para-hydroxylation sites is 1. The van der Waals surface area contributed by atoms with Gasteiger partial charge in [0.15, 0.2) is 0 Å². The molecular weight excluding hydrogens is 320 g/mol. The highest BCUT2D eigenvalue weighted by atomic mass is 16.5. The molecule has 0 bridgehead atoms. The number of methoxy groups -OCH3 is 1. The van der Waals surface area contributed by atoms with E-state index in [1.54, 1.807) is 42.2 Å². The highest BCUT2D eigenvalue weighted by Crippen LogP contribution is 2.21. The number of esters is 1. The summed E-state index contributed by atoms with van der Waals surface area (Å²) in [5.74, 6) is 0.309. The van der Waals surface area contributed by atoms with Crippen LogP contribution < -0.4 is 5.32 Å². The van der Waals surface area contributed by atoms with Gasteiger partial charge in [0.25, 0.3) is 5.91 Å². The number of nitrogens with zero attached hydrogens (tertiary/aromatic N) is 3. The Balaban J connectivity index is 2.36. The van der Waals surface area contributed by atoms with Gasteiger partial charge in [-0.1, -0.05) is 12.1 Å². The Kier molecular flexibility index (Phi) is 6.05. The molecule has 1 amide bonds. The number of aryl methyl sites for hydroxylation is 1. The monoisotopic (exact) mass is 342 g/mol. The Labute approximate surface area is 147 Å². The number of carbonyl (C=O) groups excluding carboxylic acids is 2. The molecule has 0 saturated heterocycles. The predicted molar refractivity (Wildman–Crippen MR) is 95.1 cm³/mol. The van der Waals surface area contributed by atoms with Crippen molar-refractivity contribution in [2.24, 2.45) is 0 Å². The molecule has 1 heterocycles. The molecule has 0 fully saturated rings. The first kappa shape index (κ1) is 18.4. The van der Waals surface area contributed by atoms with Gasteiger partial charge in [0.05, 0.1) is 18.4 Å². The maximum Gasteiger partial charge on any atom is 0.339 e. The number of aromatic nitrogens is 2. The van der Waals surface area contributed by atoms with Crippen molar-refractivity contribution in [1.82, 2.24) is 14.9 Å². The normalized spacial score (nSPS) is 10.2. The minimum atomic E-state index is -0.451. The smallest absolute Gasteiger partial charge is 0.339 e. The molecular formula is C18H22N4O3. The summed E-state index contributed by atoms with van der Waals surface area (Å²) in [6.45, 7) is 6.76. The van der Waals surface area contributed by atoms with E-state index in [1.165, 1.54) is 7.11 Å². The number of carbonyl (C=O) groups is 2. The lowest BCUT2D eigenvalue weighted by molar-refractivity contribution is 0.0601. The van der Waals surface area contributed by atoms with Gasteiger partial charge in [0, 0.05) is 19.2 Å². The molecule has 0 saturated carbocycles. The number of rotatable bonds is 6. The van der Waals surface area contributed by atoms with E-state index < -0.39 is 5.97 Å². The van der Waals surface area contributed by atoms with E-state index in [1.807, 2.05) is 13.8 Å². The number of ether oxygens (including phenoxy) is 1. The van der Waals surface area contributed by atoms with Crippen LogP contribution in [0.25, 0.3) is 0 Å². The molecule has 0 spiro atoms. The molecule has 0 radical (unpaired) electrons. The zero-order valence-corrected chi connectivity index (χ0v) is 14.9. The minimum Gasteiger partial charge on any atom is -0.465 e. The van der Waals surface area contributed by atoms with Crippen LogP contribution in [0.4, 0.5) is 11.5 Å². The molecule has 2 aromatic rings. The summed E-state index contributed by atoms with van der Waals surface area (Å²) in [5.41, 5.74) is 1.25. The molecule has 1 N–H and O–H groups in total. The number of hydrogen-bond acceptors (Lipinski definition) is 6. The molecule has 25 heavy (non-hydrogen) atoms. The molecule has 1 aromatic heterocycles. The average Bonchev–Trinajstić information content (AvgIpc) is 2.62. The first-order valence-electron chi connectivity index (χ1n) is 8.09. The molecule has 1 aromatic carbocycles. The summed E-state index contributed by atoms with van der Waals surface area (Å²) in [5, 5.41) is 3.08. The first-order valence-corrected chi connectivity index (χ1v) is 8.09. The summed E-state index contributed by atoms with van der Waals surface area (Å²) in [4.78, 5) is 34.6. The van der Waals surface area contributed by atoms with Gasteiger partial charge in [0.1, 0.15) is 17.3 Å². The van der Waals surface area contributed by atoms with Gasteiger partial charge < -0.3 is 15.0 Å². The van der Waals surface area contributed by atoms with Gasteiger partial charge in [-0.2, -0.15) is 0 Å². The maximum absolute atomic E-state index is 12.5. The van der Waals surface area contributed by atoms with Crippen molar-refractivity contribution in [3.05, 3.63) is 47.4 Å². The number of benzene rings is 1. The fourth-order valence-electron chi connectivity index (χ4n) is 2.43. The first-order chi connectivity index (χ1) is 12.0. The van der Waals surface area contributed by atoms with Crippen LogP contribution in [0, 0.1) is 6.92 Å². The average molecular weight is 342 g/mol. The van der Waals surface area contributed by atoms with Crippen LogP contribution >= 0.6 is 0 Å². The Bertz CT molecular complexity index is 773. The van der Waals surface area contributed by atoms with Crippen LogP contribution in [0.3, 0.4) is 0 Å². The van der Waals surface area contributed by atoms with Gasteiger partial charge >= 0.3 is 5.97 Å². The third-order valence-electron chi connectivity index (χ3n) is 3.70. The lowest BCUT2D eigenvalue weighted by Gasteiger charge is -2.18. The SMILES string of the molecule is CCN(CC)C(=O)c1cc(Nc2ccccc2C(=O)OC)nc(C)n1. The molecule has 2 rings (SSSR count). The van der Waals surface area contributed by atoms with Crippen molar-refractivity contribution in [3.63, 3.8) is 0 Å². The summed E-state index contributed by atoms with van der Waals surface area (Å²) in [6, 6.07) is 8.53. The van der Waals surface area contributed by atoms with E-state index in [4.69, 9.17) is 4.74 Å². The van der Waals surface area contributed by atoms with Gasteiger partial charge in [-0.25, -0.2) is 14.8 Å². The van der Waals surface area contributed by atoms with E-state index >= 15 is 0 Å². The molecule has 0 unspecified atom stereocenters. The van der Waals surface area contributed by atoms with E-state index in [9.17, 15) is 9.59 Å². The van der Waals surface area contributed by atoms with Crippen LogP contribution in [0.15, 0.2) is 30.3 Å². The Morgan fingerprint density at radius 2 is 1.84 bits per heavy atom. The number of amides is 1. The van der Waals surface area contributed by atoms with Crippen LogP contribution in [-0.4, -0.2) is 46.9 Å². The van der Waals surface area contributed by atoms with Gasteiger partial charge in [-0.3, -0.25) is 4.79 Å².